The van der Waals surface area contributed by atoms with Crippen molar-refractivity contribution in [1.29, 1.82) is 0 Å². The van der Waals surface area contributed by atoms with Gasteiger partial charge in [-0.15, -0.1) is 0 Å². The molecule has 0 amide bonds. The molecule has 1 fully saturated rings. The molecule has 28 heavy (non-hydrogen) atoms. The fourth-order valence-corrected chi connectivity index (χ4v) is 4.25. The summed E-state index contributed by atoms with van der Waals surface area (Å²) in [5.74, 6) is -1.61. The summed E-state index contributed by atoms with van der Waals surface area (Å²) in [6, 6.07) is 5.33. The van der Waals surface area contributed by atoms with Gasteiger partial charge in [-0.05, 0) is 54.5 Å². The van der Waals surface area contributed by atoms with Gasteiger partial charge in [-0.1, -0.05) is 6.07 Å². The Hall–Kier alpha value is -3.22. The number of carboxylic acids is 1. The highest BCUT2D eigenvalue weighted by atomic mass is 19.1. The van der Waals surface area contributed by atoms with Gasteiger partial charge in [0, 0.05) is 12.7 Å². The Morgan fingerprint density at radius 2 is 2.11 bits per heavy atom. The summed E-state index contributed by atoms with van der Waals surface area (Å²) in [5.41, 5.74) is 3.49. The van der Waals surface area contributed by atoms with Crippen molar-refractivity contribution >= 4 is 17.2 Å². The van der Waals surface area contributed by atoms with Crippen LogP contribution in [0.3, 0.4) is 0 Å². The molecule has 6 nitrogen and oxygen atoms in total. The number of aromatic carboxylic acids is 1. The lowest BCUT2D eigenvalue weighted by molar-refractivity contribution is 0.0694. The van der Waals surface area contributed by atoms with Crippen LogP contribution in [0.1, 0.15) is 51.5 Å². The topological polar surface area (TPSA) is 74.9 Å². The Morgan fingerprint density at radius 1 is 1.32 bits per heavy atom. The lowest BCUT2D eigenvalue weighted by Gasteiger charge is -2.23. The summed E-state index contributed by atoms with van der Waals surface area (Å²) in [6.45, 7) is 2.85. The minimum atomic E-state index is -1.29. The zero-order valence-corrected chi connectivity index (χ0v) is 15.3. The molecule has 7 heteroatoms. The minimum Gasteiger partial charge on any atom is -0.477 e. The molecule has 0 bridgehead atoms. The predicted molar refractivity (Wildman–Crippen MR) is 101 cm³/mol. The number of fused-ring (bicyclic) bond motifs is 2. The monoisotopic (exact) mass is 379 g/mol. The van der Waals surface area contributed by atoms with Crippen molar-refractivity contribution < 1.29 is 14.3 Å². The molecule has 2 aliphatic rings. The molecule has 3 aromatic rings. The van der Waals surface area contributed by atoms with E-state index in [1.165, 1.54) is 10.5 Å². The third-order valence-corrected chi connectivity index (χ3v) is 5.69. The van der Waals surface area contributed by atoms with Gasteiger partial charge in [-0.3, -0.25) is 14.2 Å². The van der Waals surface area contributed by atoms with E-state index in [2.05, 4.69) is 4.98 Å². The fourth-order valence-electron chi connectivity index (χ4n) is 4.25. The maximum Gasteiger partial charge on any atom is 0.341 e. The number of halogens is 1. The zero-order valence-electron chi connectivity index (χ0n) is 15.3. The van der Waals surface area contributed by atoms with Gasteiger partial charge in [-0.25, -0.2) is 9.18 Å². The van der Waals surface area contributed by atoms with Crippen LogP contribution >= 0.6 is 0 Å². The number of carboxylic acid groups (broad SMARTS) is 1. The van der Waals surface area contributed by atoms with E-state index in [4.69, 9.17) is 0 Å². The first kappa shape index (κ1) is 16.9. The second-order valence-electron chi connectivity index (χ2n) is 7.53. The third kappa shape index (κ3) is 2.42. The molecule has 1 aliphatic carbocycles. The van der Waals surface area contributed by atoms with Crippen LogP contribution in [-0.2, 0) is 13.1 Å². The van der Waals surface area contributed by atoms with Gasteiger partial charge >= 0.3 is 5.97 Å². The van der Waals surface area contributed by atoms with Gasteiger partial charge in [0.2, 0.25) is 0 Å². The largest absolute Gasteiger partial charge is 0.477 e. The van der Waals surface area contributed by atoms with Gasteiger partial charge in [0.15, 0.2) is 5.82 Å². The molecule has 0 spiro atoms. The Balaban J connectivity index is 1.75. The van der Waals surface area contributed by atoms with E-state index in [-0.39, 0.29) is 11.5 Å². The normalized spacial score (nSPS) is 15.9. The first-order valence-corrected chi connectivity index (χ1v) is 9.25. The summed E-state index contributed by atoms with van der Waals surface area (Å²) in [4.78, 5) is 30.5. The quantitative estimate of drug-likeness (QED) is 0.756. The van der Waals surface area contributed by atoms with Crippen LogP contribution in [0.15, 0.2) is 35.4 Å². The average molecular weight is 379 g/mol. The van der Waals surface area contributed by atoms with Crippen LogP contribution in [0.25, 0.3) is 5.52 Å². The van der Waals surface area contributed by atoms with Crippen LogP contribution in [0.4, 0.5) is 10.1 Å². The van der Waals surface area contributed by atoms with Gasteiger partial charge in [-0.2, -0.15) is 0 Å². The number of anilines is 1. The molecule has 0 aromatic carbocycles. The van der Waals surface area contributed by atoms with Crippen LogP contribution < -0.4 is 10.5 Å². The zero-order chi connectivity index (χ0) is 19.6. The molecule has 1 aliphatic heterocycles. The van der Waals surface area contributed by atoms with Gasteiger partial charge < -0.3 is 10.0 Å². The van der Waals surface area contributed by atoms with Crippen molar-refractivity contribution in [3.8, 4) is 0 Å². The molecule has 0 atom stereocenters. The van der Waals surface area contributed by atoms with Crippen LogP contribution in [0, 0.1) is 12.7 Å². The Bertz CT molecular complexity index is 1190. The molecule has 0 saturated heterocycles. The van der Waals surface area contributed by atoms with E-state index in [0.717, 1.165) is 35.9 Å². The van der Waals surface area contributed by atoms with E-state index in [0.29, 0.717) is 29.9 Å². The highest BCUT2D eigenvalue weighted by molar-refractivity contribution is 5.89. The van der Waals surface area contributed by atoms with Gasteiger partial charge in [0.05, 0.1) is 29.6 Å². The van der Waals surface area contributed by atoms with Crippen LogP contribution in [-0.4, -0.2) is 20.5 Å². The number of carbonyl (C=O) groups is 1. The van der Waals surface area contributed by atoms with E-state index >= 15 is 4.39 Å². The first-order valence-electron chi connectivity index (χ1n) is 9.25. The molecule has 1 saturated carbocycles. The molecular formula is C21H18FN3O3. The number of rotatable bonds is 3. The molecular weight excluding hydrogens is 361 g/mol. The molecule has 1 N–H and O–H groups in total. The highest BCUT2D eigenvalue weighted by Gasteiger charge is 2.31. The molecule has 5 rings (SSSR count). The van der Waals surface area contributed by atoms with Crippen molar-refractivity contribution in [3.63, 3.8) is 0 Å². The average Bonchev–Trinajstić information content (AvgIpc) is 3.41. The van der Waals surface area contributed by atoms with Crippen molar-refractivity contribution in [2.45, 2.75) is 38.8 Å². The van der Waals surface area contributed by atoms with Crippen molar-refractivity contribution in [3.05, 3.63) is 74.7 Å². The van der Waals surface area contributed by atoms with Crippen LogP contribution in [0.5, 0.6) is 0 Å². The number of nitrogens with zero attached hydrogens (tertiary/aromatic N) is 3. The number of pyridine rings is 3. The van der Waals surface area contributed by atoms with Crippen molar-refractivity contribution in [2.75, 3.05) is 4.90 Å². The number of hydrogen-bond donors (Lipinski definition) is 1. The first-order chi connectivity index (χ1) is 13.5. The van der Waals surface area contributed by atoms with E-state index in [1.807, 2.05) is 17.0 Å². The summed E-state index contributed by atoms with van der Waals surface area (Å²) >= 11 is 0. The fraction of sp³-hybridized carbons (Fsp3) is 0.286. The Labute approximate surface area is 159 Å². The van der Waals surface area contributed by atoms with Gasteiger partial charge in [0.1, 0.15) is 5.56 Å². The minimum absolute atomic E-state index is 0.211. The van der Waals surface area contributed by atoms with Crippen molar-refractivity contribution in [2.24, 2.45) is 0 Å². The number of hydrogen-bond acceptors (Lipinski definition) is 4. The number of aryl methyl sites for hydroxylation is 1. The summed E-state index contributed by atoms with van der Waals surface area (Å²) < 4.78 is 16.3. The van der Waals surface area contributed by atoms with Crippen LogP contribution in [0.2, 0.25) is 0 Å². The predicted octanol–water partition coefficient (Wildman–Crippen LogP) is 3.24. The van der Waals surface area contributed by atoms with Crippen molar-refractivity contribution in [1.82, 2.24) is 9.38 Å². The maximum atomic E-state index is 15.1. The standard InChI is InChI=1S/C21H18FN3O3/c1-11-18-14(12-4-5-12)7-15(21(27)28)20(26)25(18)9-16(22)19(11)24-8-13-3-2-6-23-17(13)10-24/h2-3,6-7,9,12H,4-5,8,10H2,1H3,(H,27,28). The lowest BCUT2D eigenvalue weighted by atomic mass is 10.0. The highest BCUT2D eigenvalue weighted by Crippen LogP contribution is 2.44. The Kier molecular flexibility index (Phi) is 3.56. The summed E-state index contributed by atoms with van der Waals surface area (Å²) in [5, 5.41) is 9.40. The second kappa shape index (κ2) is 5.89. The Morgan fingerprint density at radius 3 is 2.79 bits per heavy atom. The molecule has 4 heterocycles. The molecule has 0 radical (unpaired) electrons. The third-order valence-electron chi connectivity index (χ3n) is 5.69. The van der Waals surface area contributed by atoms with E-state index < -0.39 is 17.3 Å². The molecule has 142 valence electrons. The summed E-state index contributed by atoms with van der Waals surface area (Å²) in [6.07, 6.45) is 4.75. The lowest BCUT2D eigenvalue weighted by Crippen LogP contribution is -2.26. The second-order valence-corrected chi connectivity index (χ2v) is 7.53. The smallest absolute Gasteiger partial charge is 0.341 e. The van der Waals surface area contributed by atoms with E-state index in [9.17, 15) is 14.7 Å². The SMILES string of the molecule is Cc1c(N2Cc3cccnc3C2)c(F)cn2c(=O)c(C(=O)O)cc(C3CC3)c12. The maximum absolute atomic E-state index is 15.1. The van der Waals surface area contributed by atoms with Gasteiger partial charge in [0.25, 0.3) is 5.56 Å². The molecule has 0 unspecified atom stereocenters. The summed E-state index contributed by atoms with van der Waals surface area (Å²) in [7, 11) is 0. The van der Waals surface area contributed by atoms with E-state index in [1.54, 1.807) is 13.1 Å². The number of aromatic nitrogens is 2. The molecule has 3 aromatic heterocycles.